The number of hydrogen-bond acceptors (Lipinski definition) is 3. The van der Waals surface area contributed by atoms with E-state index in [-0.39, 0.29) is 5.91 Å². The fourth-order valence-electron chi connectivity index (χ4n) is 0.482. The summed E-state index contributed by atoms with van der Waals surface area (Å²) >= 11 is 5.47. The summed E-state index contributed by atoms with van der Waals surface area (Å²) in [5.41, 5.74) is 0. The van der Waals surface area contributed by atoms with Gasteiger partial charge in [0.2, 0.25) is 11.9 Å². The van der Waals surface area contributed by atoms with Crippen molar-refractivity contribution in [1.82, 2.24) is 15.2 Å². The molecule has 6 heteroatoms. The second-order valence-electron chi connectivity index (χ2n) is 1.94. The van der Waals surface area contributed by atoms with Gasteiger partial charge in [-0.2, -0.15) is 10.1 Å². The number of amides is 1. The Morgan fingerprint density at radius 2 is 2.64 bits per heavy atom. The lowest BCUT2D eigenvalue weighted by atomic mass is 10.4. The zero-order valence-corrected chi connectivity index (χ0v) is 6.59. The van der Waals surface area contributed by atoms with Gasteiger partial charge >= 0.3 is 0 Å². The van der Waals surface area contributed by atoms with Crippen LogP contribution in [0.2, 0.25) is 0 Å². The lowest BCUT2D eigenvalue weighted by molar-refractivity contribution is -0.115. The first-order valence-electron chi connectivity index (χ1n) is 3.00. The molecule has 0 aliphatic carbocycles. The van der Waals surface area contributed by atoms with Crippen molar-refractivity contribution >= 4 is 23.5 Å². The van der Waals surface area contributed by atoms with Crippen LogP contribution < -0.4 is 5.32 Å². The van der Waals surface area contributed by atoms with Gasteiger partial charge in [0.05, 0.1) is 0 Å². The smallest absolute Gasteiger partial charge is 0.244 e. The Morgan fingerprint density at radius 3 is 3.09 bits per heavy atom. The Kier molecular flexibility index (Phi) is 2.43. The molecule has 1 amide bonds. The van der Waals surface area contributed by atoms with Crippen LogP contribution in [0.3, 0.4) is 0 Å². The SMILES string of the molecule is CC(Cl)C(=O)Nc1ncn[nH]1. The highest BCUT2D eigenvalue weighted by molar-refractivity contribution is 6.32. The van der Waals surface area contributed by atoms with Crippen molar-refractivity contribution in [2.24, 2.45) is 0 Å². The third kappa shape index (κ3) is 2.19. The average Bonchev–Trinajstić information content (AvgIpc) is 2.39. The minimum absolute atomic E-state index is 0.302. The number of hydrogen-bond donors (Lipinski definition) is 2. The van der Waals surface area contributed by atoms with Gasteiger partial charge in [-0.15, -0.1) is 11.6 Å². The van der Waals surface area contributed by atoms with Crippen LogP contribution in [0, 0.1) is 0 Å². The number of alkyl halides is 1. The van der Waals surface area contributed by atoms with Gasteiger partial charge in [0.25, 0.3) is 0 Å². The van der Waals surface area contributed by atoms with Crippen LogP contribution >= 0.6 is 11.6 Å². The molecule has 0 bridgehead atoms. The first kappa shape index (κ1) is 8.00. The van der Waals surface area contributed by atoms with Gasteiger partial charge in [0.15, 0.2) is 0 Å². The molecular formula is C5H7ClN4O. The summed E-state index contributed by atoms with van der Waals surface area (Å²) in [4.78, 5) is 14.6. The summed E-state index contributed by atoms with van der Waals surface area (Å²) in [7, 11) is 0. The number of aromatic nitrogens is 3. The fraction of sp³-hybridized carbons (Fsp3) is 0.400. The second kappa shape index (κ2) is 3.34. The fourth-order valence-corrected chi connectivity index (χ4v) is 0.536. The Labute approximate surface area is 68.2 Å². The molecule has 1 aromatic rings. The number of carbonyl (C=O) groups excluding carboxylic acids is 1. The molecule has 2 N–H and O–H groups in total. The van der Waals surface area contributed by atoms with E-state index in [2.05, 4.69) is 20.5 Å². The van der Waals surface area contributed by atoms with E-state index >= 15 is 0 Å². The van der Waals surface area contributed by atoms with Crippen molar-refractivity contribution in [2.45, 2.75) is 12.3 Å². The lowest BCUT2D eigenvalue weighted by Gasteiger charge is -2.00. The summed E-state index contributed by atoms with van der Waals surface area (Å²) in [6.45, 7) is 1.58. The molecule has 0 saturated heterocycles. The summed E-state index contributed by atoms with van der Waals surface area (Å²) in [6, 6.07) is 0. The summed E-state index contributed by atoms with van der Waals surface area (Å²) < 4.78 is 0. The Morgan fingerprint density at radius 1 is 1.91 bits per heavy atom. The third-order valence-electron chi connectivity index (χ3n) is 1.02. The minimum Gasteiger partial charge on any atom is -0.294 e. The van der Waals surface area contributed by atoms with Crippen LogP contribution in [0.15, 0.2) is 6.33 Å². The number of carbonyl (C=O) groups is 1. The van der Waals surface area contributed by atoms with E-state index < -0.39 is 5.38 Å². The summed E-state index contributed by atoms with van der Waals surface area (Å²) in [6.07, 6.45) is 1.30. The number of aromatic amines is 1. The van der Waals surface area contributed by atoms with E-state index in [1.54, 1.807) is 6.92 Å². The molecule has 1 unspecified atom stereocenters. The topological polar surface area (TPSA) is 70.7 Å². The van der Waals surface area contributed by atoms with E-state index in [4.69, 9.17) is 11.6 Å². The van der Waals surface area contributed by atoms with Crippen molar-refractivity contribution < 1.29 is 4.79 Å². The Hall–Kier alpha value is -1.10. The number of nitrogens with one attached hydrogen (secondary N) is 2. The number of rotatable bonds is 2. The maximum atomic E-state index is 10.9. The summed E-state index contributed by atoms with van der Waals surface area (Å²) in [5, 5.41) is 7.86. The number of nitrogens with zero attached hydrogens (tertiary/aromatic N) is 2. The maximum Gasteiger partial charge on any atom is 0.244 e. The molecule has 1 aromatic heterocycles. The molecule has 1 rings (SSSR count). The highest BCUT2D eigenvalue weighted by Gasteiger charge is 2.09. The van der Waals surface area contributed by atoms with Crippen molar-refractivity contribution in [2.75, 3.05) is 5.32 Å². The van der Waals surface area contributed by atoms with Crippen LogP contribution in [0.1, 0.15) is 6.92 Å². The normalized spacial score (nSPS) is 12.5. The van der Waals surface area contributed by atoms with Crippen molar-refractivity contribution in [3.63, 3.8) is 0 Å². The van der Waals surface area contributed by atoms with Crippen molar-refractivity contribution in [3.8, 4) is 0 Å². The van der Waals surface area contributed by atoms with Crippen LogP contribution in [-0.2, 0) is 4.79 Å². The van der Waals surface area contributed by atoms with Crippen LogP contribution in [0.5, 0.6) is 0 Å². The van der Waals surface area contributed by atoms with E-state index in [0.29, 0.717) is 5.95 Å². The molecule has 1 atom stereocenters. The van der Waals surface area contributed by atoms with Gasteiger partial charge in [-0.3, -0.25) is 10.1 Å². The molecule has 60 valence electrons. The van der Waals surface area contributed by atoms with Crippen molar-refractivity contribution in [1.29, 1.82) is 0 Å². The minimum atomic E-state index is -0.569. The molecule has 0 aliphatic heterocycles. The van der Waals surface area contributed by atoms with Crippen LogP contribution in [0.4, 0.5) is 5.95 Å². The first-order chi connectivity index (χ1) is 5.20. The average molecular weight is 175 g/mol. The second-order valence-corrected chi connectivity index (χ2v) is 2.59. The zero-order chi connectivity index (χ0) is 8.27. The molecule has 0 aromatic carbocycles. The molecule has 0 saturated carbocycles. The number of H-pyrrole nitrogens is 1. The van der Waals surface area contributed by atoms with Gasteiger partial charge in [0, 0.05) is 0 Å². The van der Waals surface area contributed by atoms with Gasteiger partial charge in [-0.05, 0) is 6.92 Å². The highest BCUT2D eigenvalue weighted by atomic mass is 35.5. The number of halogens is 1. The highest BCUT2D eigenvalue weighted by Crippen LogP contribution is 1.98. The molecule has 1 heterocycles. The number of anilines is 1. The van der Waals surface area contributed by atoms with Gasteiger partial charge in [0.1, 0.15) is 11.7 Å². The zero-order valence-electron chi connectivity index (χ0n) is 5.84. The predicted octanol–water partition coefficient (Wildman–Crippen LogP) is 0.370. The maximum absolute atomic E-state index is 10.9. The van der Waals surface area contributed by atoms with Crippen LogP contribution in [-0.4, -0.2) is 26.5 Å². The molecule has 11 heavy (non-hydrogen) atoms. The standard InChI is InChI=1S/C5H7ClN4O/c1-3(6)4(11)9-5-7-2-8-10-5/h2-3H,1H3,(H2,7,8,9,10,11). The van der Waals surface area contributed by atoms with E-state index in [1.807, 2.05) is 0 Å². The van der Waals surface area contributed by atoms with Gasteiger partial charge in [-0.25, -0.2) is 5.10 Å². The molecule has 0 spiro atoms. The molecule has 0 radical (unpaired) electrons. The molecular weight excluding hydrogens is 168 g/mol. The van der Waals surface area contributed by atoms with Crippen molar-refractivity contribution in [3.05, 3.63) is 6.33 Å². The first-order valence-corrected chi connectivity index (χ1v) is 3.44. The third-order valence-corrected chi connectivity index (χ3v) is 1.22. The summed E-state index contributed by atoms with van der Waals surface area (Å²) in [5.74, 6) is 0.00548. The molecule has 5 nitrogen and oxygen atoms in total. The quantitative estimate of drug-likeness (QED) is 0.637. The molecule has 0 aliphatic rings. The lowest BCUT2D eigenvalue weighted by Crippen LogP contribution is -2.20. The van der Waals surface area contributed by atoms with Gasteiger partial charge < -0.3 is 0 Å². The van der Waals surface area contributed by atoms with E-state index in [9.17, 15) is 4.79 Å². The van der Waals surface area contributed by atoms with E-state index in [0.717, 1.165) is 0 Å². The molecule has 0 fully saturated rings. The Balaban J connectivity index is 2.50. The predicted molar refractivity (Wildman–Crippen MR) is 40.3 cm³/mol. The van der Waals surface area contributed by atoms with Gasteiger partial charge in [-0.1, -0.05) is 0 Å². The Bertz CT molecular complexity index is 233. The van der Waals surface area contributed by atoms with E-state index in [1.165, 1.54) is 6.33 Å². The largest absolute Gasteiger partial charge is 0.294 e. The van der Waals surface area contributed by atoms with Crippen LogP contribution in [0.25, 0.3) is 0 Å². The monoisotopic (exact) mass is 174 g/mol.